The topological polar surface area (TPSA) is 19.4 Å². The van der Waals surface area contributed by atoms with Crippen LogP contribution >= 0.6 is 0 Å². The number of rotatable bonds is 10. The molecule has 0 saturated carbocycles. The molecule has 1 aliphatic rings. The van der Waals surface area contributed by atoms with Crippen LogP contribution in [0.4, 0.5) is 34.1 Å². The summed E-state index contributed by atoms with van der Waals surface area (Å²) in [5.41, 5.74) is 15.9. The Bertz CT molecular complexity index is 1690. The summed E-state index contributed by atoms with van der Waals surface area (Å²) in [6, 6.07) is 14.7. The maximum atomic E-state index is 2.61. The first kappa shape index (κ1) is 48.8. The number of allylic oxidation sites excluding steroid dienone is 4. The Balaban J connectivity index is 0.00000468. The number of hydrogen-bond donors (Lipinski definition) is 0. The van der Waals surface area contributed by atoms with Crippen LogP contribution in [-0.2, 0) is 20.4 Å². The number of nitrogens with zero attached hydrogens (tertiary/aromatic N) is 6. The molecule has 53 heavy (non-hydrogen) atoms. The van der Waals surface area contributed by atoms with E-state index < -0.39 is 8.07 Å². The summed E-state index contributed by atoms with van der Waals surface area (Å²) in [6.45, 7) is 16.9. The second-order valence-electron chi connectivity index (χ2n) is 16.0. The van der Waals surface area contributed by atoms with E-state index in [1.807, 2.05) is 0 Å². The van der Waals surface area contributed by atoms with Crippen LogP contribution in [0, 0.1) is 20.8 Å². The van der Waals surface area contributed by atoms with E-state index >= 15 is 0 Å². The van der Waals surface area contributed by atoms with Gasteiger partial charge in [-0.25, -0.2) is 0 Å². The van der Waals surface area contributed by atoms with Gasteiger partial charge < -0.3 is 37.2 Å². The van der Waals surface area contributed by atoms with Crippen LogP contribution < -0.4 is 82.2 Å². The molecular weight excluding hydrogens is 771 g/mol. The molecule has 1 atom stereocenters. The Morgan fingerprint density at radius 2 is 0.698 bits per heavy atom. The average Bonchev–Trinajstić information content (AvgIpc) is 3.17. The predicted octanol–water partition coefficient (Wildman–Crippen LogP) is -2.58. The van der Waals surface area contributed by atoms with Gasteiger partial charge in [-0.05, 0) is 0 Å². The minimum absolute atomic E-state index is 0. The van der Waals surface area contributed by atoms with Gasteiger partial charge in [0.25, 0.3) is 0 Å². The molecule has 0 aromatic heterocycles. The molecule has 0 N–H and O–H groups in total. The molecule has 290 valence electrons. The minimum Gasteiger partial charge on any atom is -1.00 e. The van der Waals surface area contributed by atoms with Gasteiger partial charge in [-0.3, -0.25) is 0 Å². The molecule has 0 aliphatic heterocycles. The summed E-state index contributed by atoms with van der Waals surface area (Å²) in [4.78, 5) is 13.9. The van der Waals surface area contributed by atoms with Crippen molar-refractivity contribution in [2.24, 2.45) is 0 Å². The van der Waals surface area contributed by atoms with E-state index in [0.717, 1.165) is 0 Å². The third-order valence-corrected chi connectivity index (χ3v) is 19.6. The van der Waals surface area contributed by atoms with Gasteiger partial charge >= 0.3 is 319 Å². The molecule has 3 aromatic rings. The number of halogens is 3. The van der Waals surface area contributed by atoms with Gasteiger partial charge in [-0.1, -0.05) is 0 Å². The Labute approximate surface area is 354 Å². The van der Waals surface area contributed by atoms with Crippen molar-refractivity contribution in [3.05, 3.63) is 73.7 Å². The van der Waals surface area contributed by atoms with Gasteiger partial charge in [0.15, 0.2) is 0 Å². The van der Waals surface area contributed by atoms with Crippen LogP contribution in [0.2, 0.25) is 5.04 Å². The summed E-state index contributed by atoms with van der Waals surface area (Å²) in [5.74, 6) is 0. The minimum atomic E-state index is -3.25. The monoisotopic (exact) mass is 832 g/mol. The molecule has 6 nitrogen and oxygen atoms in total. The van der Waals surface area contributed by atoms with Gasteiger partial charge in [0.05, 0.1) is 0 Å². The molecule has 11 heteroatoms. The van der Waals surface area contributed by atoms with E-state index in [1.165, 1.54) is 87.0 Å². The van der Waals surface area contributed by atoms with E-state index in [4.69, 9.17) is 0 Å². The molecule has 0 amide bonds. The van der Waals surface area contributed by atoms with Crippen molar-refractivity contribution in [1.82, 2.24) is 0 Å². The second kappa shape index (κ2) is 17.7. The number of hydrogen-bond acceptors (Lipinski definition) is 6. The number of benzene rings is 3. The van der Waals surface area contributed by atoms with E-state index in [-0.39, 0.29) is 42.3 Å². The van der Waals surface area contributed by atoms with E-state index in [2.05, 4.69) is 219 Å². The molecule has 0 fully saturated rings. The van der Waals surface area contributed by atoms with E-state index in [9.17, 15) is 0 Å². The Morgan fingerprint density at radius 1 is 0.434 bits per heavy atom. The molecule has 0 heterocycles. The van der Waals surface area contributed by atoms with Crippen molar-refractivity contribution in [3.63, 3.8) is 0 Å². The first-order valence-corrected chi connectivity index (χ1v) is 20.5. The van der Waals surface area contributed by atoms with Gasteiger partial charge in [0.2, 0.25) is 0 Å². The van der Waals surface area contributed by atoms with Crippen molar-refractivity contribution in [2.45, 2.75) is 53.5 Å². The van der Waals surface area contributed by atoms with Crippen LogP contribution in [0.3, 0.4) is 0 Å². The molecule has 1 aliphatic carbocycles. The van der Waals surface area contributed by atoms with Crippen LogP contribution in [0.5, 0.6) is 0 Å². The van der Waals surface area contributed by atoms with E-state index in [1.54, 1.807) is 0 Å². The smallest absolute Gasteiger partial charge is 1.00 e. The molecule has 0 bridgehead atoms. The quantitative estimate of drug-likeness (QED) is 0.164. The summed E-state index contributed by atoms with van der Waals surface area (Å²) in [6.07, 6.45) is 0. The standard InChI is InChI=1S/C42H63N6Si.3ClH.Ti/c1-27-20-33(43(8)9)23-36(46(14)15)39(27)49(42(7)26-30(4)31(5)32(42)6,40-28(2)21-34(44(10)11)24-37(40)47(16)17)41-29(3)22-35(45(12)13)25-38(41)48(18)19;;;;/h20-25H,1-19H3;3*1H;/q;;;;+3/p-3. The van der Waals surface area contributed by atoms with Crippen LogP contribution in [0.1, 0.15) is 44.4 Å². The largest absolute Gasteiger partial charge is 1.00 e. The maximum Gasteiger partial charge on any atom is -1.00 e. The first-order valence-electron chi connectivity index (χ1n) is 17.7. The van der Waals surface area contributed by atoms with Crippen molar-refractivity contribution < 1.29 is 57.7 Å². The Morgan fingerprint density at radius 3 is 0.887 bits per heavy atom. The van der Waals surface area contributed by atoms with Crippen LogP contribution in [0.25, 0.3) is 0 Å². The summed E-state index contributed by atoms with van der Waals surface area (Å²) in [5, 5.41) is 4.18. The number of anilines is 6. The SMILES string of the molecule is CC1=C(C)C(C)([Si](c2c(C)cc(N(C)C)cc2N(C)C)(c2c(C)cc(N(C)C)cc2N(C)C)c2c(C)cc(N(C)C)cc2N(C)C)[C]([Ti+3])=C1C.[Cl-].[Cl-].[Cl-]. The zero-order valence-electron chi connectivity index (χ0n) is 35.8. The zero-order chi connectivity index (χ0) is 37.9. The molecule has 1 unspecified atom stereocenters. The summed E-state index contributed by atoms with van der Waals surface area (Å²) in [7, 11) is 23.1. The Kier molecular flexibility index (Phi) is 16.3. The van der Waals surface area contributed by atoms with Gasteiger partial charge in [-0.2, -0.15) is 0 Å². The van der Waals surface area contributed by atoms with Crippen LogP contribution in [0.15, 0.2) is 57.0 Å². The van der Waals surface area contributed by atoms with Gasteiger partial charge in [-0.15, -0.1) is 0 Å². The maximum absolute atomic E-state index is 3.25. The molecular formula is C42H63Cl3N6SiTi. The molecule has 0 radical (unpaired) electrons. The predicted molar refractivity (Wildman–Crippen MR) is 224 cm³/mol. The van der Waals surface area contributed by atoms with Gasteiger partial charge in [0.1, 0.15) is 0 Å². The fraction of sp³-hybridized carbons (Fsp3) is 0.476. The van der Waals surface area contributed by atoms with Crippen molar-refractivity contribution in [1.29, 1.82) is 0 Å². The third kappa shape index (κ3) is 7.78. The van der Waals surface area contributed by atoms with Crippen molar-refractivity contribution in [2.75, 3.05) is 114 Å². The third-order valence-electron chi connectivity index (χ3n) is 11.5. The molecule has 0 spiro atoms. The fourth-order valence-corrected chi connectivity index (χ4v) is 17.6. The van der Waals surface area contributed by atoms with Crippen molar-refractivity contribution >= 4 is 57.8 Å². The molecule has 3 aromatic carbocycles. The summed E-state index contributed by atoms with van der Waals surface area (Å²) >= 11 is 2.44. The summed E-state index contributed by atoms with van der Waals surface area (Å²) < 4.78 is 1.49. The molecule has 4 rings (SSSR count). The normalized spacial score (nSPS) is 15.4. The van der Waals surface area contributed by atoms with Crippen molar-refractivity contribution in [3.8, 4) is 0 Å². The molecule has 0 saturated heterocycles. The van der Waals surface area contributed by atoms with E-state index in [0.29, 0.717) is 0 Å². The Hall–Kier alpha value is -2.26. The van der Waals surface area contributed by atoms with Crippen LogP contribution in [-0.4, -0.2) is 92.6 Å². The average molecular weight is 834 g/mol. The fourth-order valence-electron chi connectivity index (χ4n) is 8.55. The van der Waals surface area contributed by atoms with Gasteiger partial charge in [0, 0.05) is 0 Å². The number of aryl methyl sites for hydroxylation is 3. The first-order chi connectivity index (χ1) is 23.1. The zero-order valence-corrected chi connectivity index (χ0v) is 40.6. The second-order valence-corrected chi connectivity index (χ2v) is 20.7.